The molecule has 27 heavy (non-hydrogen) atoms. The second-order valence-corrected chi connectivity index (χ2v) is 7.70. The van der Waals surface area contributed by atoms with E-state index in [-0.39, 0.29) is 11.9 Å². The maximum absolute atomic E-state index is 13.0. The summed E-state index contributed by atoms with van der Waals surface area (Å²) in [5, 5.41) is 4.05. The van der Waals surface area contributed by atoms with E-state index in [0.717, 1.165) is 40.5 Å². The second kappa shape index (κ2) is 7.60. The van der Waals surface area contributed by atoms with Crippen LogP contribution in [0.2, 0.25) is 0 Å². The Hall–Kier alpha value is -2.54. The van der Waals surface area contributed by atoms with Gasteiger partial charge in [-0.25, -0.2) is 9.97 Å². The van der Waals surface area contributed by atoms with Crippen LogP contribution in [0.3, 0.4) is 0 Å². The summed E-state index contributed by atoms with van der Waals surface area (Å²) in [5.41, 5.74) is 2.31. The Bertz CT molecular complexity index is 974. The van der Waals surface area contributed by atoms with Gasteiger partial charge in [0.1, 0.15) is 0 Å². The first kappa shape index (κ1) is 17.9. The fourth-order valence-corrected chi connectivity index (χ4v) is 3.87. The Kier molecular flexibility index (Phi) is 5.03. The molecule has 1 saturated heterocycles. The molecule has 1 N–H and O–H groups in total. The highest BCUT2D eigenvalue weighted by Crippen LogP contribution is 2.23. The van der Waals surface area contributed by atoms with Crippen LogP contribution >= 0.6 is 15.9 Å². The SMILES string of the molecule is Cc1cc(C(=O)NC2CCCN(c3ncccn3)C2)c2ccc(Br)cc2n1. The average molecular weight is 426 g/mol. The third kappa shape index (κ3) is 3.93. The van der Waals surface area contributed by atoms with Gasteiger partial charge in [-0.05, 0) is 44.0 Å². The Morgan fingerprint density at radius 1 is 1.26 bits per heavy atom. The zero-order valence-electron chi connectivity index (χ0n) is 15.0. The number of carbonyl (C=O) groups excluding carboxylic acids is 1. The van der Waals surface area contributed by atoms with Gasteiger partial charge in [0.05, 0.1) is 11.1 Å². The van der Waals surface area contributed by atoms with Crippen LogP contribution in [-0.4, -0.2) is 40.0 Å². The number of anilines is 1. The monoisotopic (exact) mass is 425 g/mol. The van der Waals surface area contributed by atoms with Crippen LogP contribution in [0.1, 0.15) is 28.9 Å². The van der Waals surface area contributed by atoms with Crippen LogP contribution in [0.15, 0.2) is 47.2 Å². The van der Waals surface area contributed by atoms with Gasteiger partial charge in [-0.15, -0.1) is 0 Å². The van der Waals surface area contributed by atoms with Crippen molar-refractivity contribution in [3.8, 4) is 0 Å². The zero-order valence-corrected chi connectivity index (χ0v) is 16.6. The number of nitrogens with one attached hydrogen (secondary N) is 1. The molecule has 0 radical (unpaired) electrons. The predicted octanol–water partition coefficient (Wildman–Crippen LogP) is 3.49. The first-order chi connectivity index (χ1) is 13.1. The molecule has 3 heterocycles. The fraction of sp³-hybridized carbons (Fsp3) is 0.300. The first-order valence-corrected chi connectivity index (χ1v) is 9.79. The normalized spacial score (nSPS) is 17.1. The lowest BCUT2D eigenvalue weighted by atomic mass is 10.0. The maximum atomic E-state index is 13.0. The molecule has 1 amide bonds. The van der Waals surface area contributed by atoms with Gasteiger partial charge in [0.2, 0.25) is 5.95 Å². The lowest BCUT2D eigenvalue weighted by Crippen LogP contribution is -2.48. The number of pyridine rings is 1. The Morgan fingerprint density at radius 3 is 2.89 bits per heavy atom. The quantitative estimate of drug-likeness (QED) is 0.695. The van der Waals surface area contributed by atoms with Gasteiger partial charge in [-0.3, -0.25) is 9.78 Å². The molecule has 0 aliphatic carbocycles. The molecule has 7 heteroatoms. The van der Waals surface area contributed by atoms with Crippen molar-refractivity contribution in [2.24, 2.45) is 0 Å². The molecule has 2 aromatic heterocycles. The molecule has 0 spiro atoms. The molecule has 3 aromatic rings. The molecular weight excluding hydrogens is 406 g/mol. The van der Waals surface area contributed by atoms with E-state index >= 15 is 0 Å². The van der Waals surface area contributed by atoms with Crippen molar-refractivity contribution in [3.05, 3.63) is 58.5 Å². The van der Waals surface area contributed by atoms with Crippen molar-refractivity contribution in [2.75, 3.05) is 18.0 Å². The summed E-state index contributed by atoms with van der Waals surface area (Å²) in [6.45, 7) is 3.53. The second-order valence-electron chi connectivity index (χ2n) is 6.78. The highest BCUT2D eigenvalue weighted by Gasteiger charge is 2.24. The molecule has 6 nitrogen and oxygen atoms in total. The van der Waals surface area contributed by atoms with Gasteiger partial charge in [0, 0.05) is 47.1 Å². The number of aryl methyl sites for hydroxylation is 1. The van der Waals surface area contributed by atoms with Crippen LogP contribution in [0.25, 0.3) is 10.9 Å². The number of fused-ring (bicyclic) bond motifs is 1. The molecule has 1 fully saturated rings. The van der Waals surface area contributed by atoms with E-state index in [9.17, 15) is 4.79 Å². The van der Waals surface area contributed by atoms with E-state index in [0.29, 0.717) is 18.1 Å². The van der Waals surface area contributed by atoms with Crippen molar-refractivity contribution in [1.29, 1.82) is 0 Å². The molecule has 1 aliphatic heterocycles. The number of nitrogens with zero attached hydrogens (tertiary/aromatic N) is 4. The third-order valence-electron chi connectivity index (χ3n) is 4.74. The first-order valence-electron chi connectivity index (χ1n) is 9.00. The molecule has 138 valence electrons. The highest BCUT2D eigenvalue weighted by molar-refractivity contribution is 9.10. The summed E-state index contributed by atoms with van der Waals surface area (Å²) in [6.07, 6.45) is 5.43. The topological polar surface area (TPSA) is 71.0 Å². The smallest absolute Gasteiger partial charge is 0.252 e. The number of piperidine rings is 1. The van der Waals surface area contributed by atoms with Crippen molar-refractivity contribution >= 4 is 38.7 Å². The summed E-state index contributed by atoms with van der Waals surface area (Å²) < 4.78 is 0.949. The molecule has 1 atom stereocenters. The van der Waals surface area contributed by atoms with E-state index in [1.807, 2.05) is 37.3 Å². The van der Waals surface area contributed by atoms with Crippen molar-refractivity contribution in [3.63, 3.8) is 0 Å². The van der Waals surface area contributed by atoms with Gasteiger partial charge >= 0.3 is 0 Å². The molecule has 0 bridgehead atoms. The number of halogens is 1. The summed E-state index contributed by atoms with van der Waals surface area (Å²) in [5.74, 6) is 0.653. The van der Waals surface area contributed by atoms with Gasteiger partial charge in [0.15, 0.2) is 0 Å². The van der Waals surface area contributed by atoms with Crippen LogP contribution in [0.4, 0.5) is 5.95 Å². The van der Waals surface area contributed by atoms with E-state index in [1.165, 1.54) is 0 Å². The molecule has 1 aromatic carbocycles. The number of benzene rings is 1. The van der Waals surface area contributed by atoms with Crippen LogP contribution < -0.4 is 10.2 Å². The molecule has 0 saturated carbocycles. The van der Waals surface area contributed by atoms with Crippen molar-refractivity contribution in [1.82, 2.24) is 20.3 Å². The van der Waals surface area contributed by atoms with Gasteiger partial charge in [0.25, 0.3) is 5.91 Å². The van der Waals surface area contributed by atoms with Crippen LogP contribution in [0.5, 0.6) is 0 Å². The van der Waals surface area contributed by atoms with E-state index in [1.54, 1.807) is 12.4 Å². The van der Waals surface area contributed by atoms with Crippen LogP contribution in [0, 0.1) is 6.92 Å². The summed E-state index contributed by atoms with van der Waals surface area (Å²) >= 11 is 3.47. The lowest BCUT2D eigenvalue weighted by molar-refractivity contribution is 0.0934. The molecule has 1 unspecified atom stereocenters. The standard InChI is InChI=1S/C20H20BrN5O/c1-13-10-17(16-6-5-14(21)11-18(16)24-13)19(27)25-15-4-2-9-26(12-15)20-22-7-3-8-23-20/h3,5-8,10-11,15H,2,4,9,12H2,1H3,(H,25,27). The molecular formula is C20H20BrN5O. The minimum absolute atomic E-state index is 0.0614. The van der Waals surface area contributed by atoms with Gasteiger partial charge in [-0.2, -0.15) is 0 Å². The van der Waals surface area contributed by atoms with Crippen molar-refractivity contribution < 1.29 is 4.79 Å². The Balaban J connectivity index is 1.55. The number of hydrogen-bond donors (Lipinski definition) is 1. The van der Waals surface area contributed by atoms with E-state index in [2.05, 4.69) is 41.1 Å². The number of hydrogen-bond acceptors (Lipinski definition) is 5. The molecule has 1 aliphatic rings. The van der Waals surface area contributed by atoms with Crippen LogP contribution in [-0.2, 0) is 0 Å². The van der Waals surface area contributed by atoms with Gasteiger partial charge < -0.3 is 10.2 Å². The largest absolute Gasteiger partial charge is 0.348 e. The number of aromatic nitrogens is 3. The summed E-state index contributed by atoms with van der Waals surface area (Å²) in [6, 6.07) is 9.54. The average Bonchev–Trinajstić information content (AvgIpc) is 2.68. The predicted molar refractivity (Wildman–Crippen MR) is 109 cm³/mol. The number of amides is 1. The summed E-state index contributed by atoms with van der Waals surface area (Å²) in [4.78, 5) is 28.3. The third-order valence-corrected chi connectivity index (χ3v) is 5.23. The summed E-state index contributed by atoms with van der Waals surface area (Å²) in [7, 11) is 0. The Labute approximate surface area is 166 Å². The fourth-order valence-electron chi connectivity index (χ4n) is 3.52. The Morgan fingerprint density at radius 2 is 2.07 bits per heavy atom. The molecule has 4 rings (SSSR count). The van der Waals surface area contributed by atoms with Gasteiger partial charge in [-0.1, -0.05) is 22.0 Å². The maximum Gasteiger partial charge on any atom is 0.252 e. The van der Waals surface area contributed by atoms with E-state index in [4.69, 9.17) is 0 Å². The van der Waals surface area contributed by atoms with E-state index < -0.39 is 0 Å². The minimum atomic E-state index is -0.0614. The van der Waals surface area contributed by atoms with Crippen molar-refractivity contribution in [2.45, 2.75) is 25.8 Å². The number of carbonyl (C=O) groups is 1. The lowest BCUT2D eigenvalue weighted by Gasteiger charge is -2.33. The zero-order chi connectivity index (χ0) is 18.8. The number of rotatable bonds is 3. The minimum Gasteiger partial charge on any atom is -0.348 e. The highest BCUT2D eigenvalue weighted by atomic mass is 79.9.